The third kappa shape index (κ3) is 7.73. The second kappa shape index (κ2) is 7.04. The molecule has 0 atom stereocenters. The molecule has 0 saturated heterocycles. The summed E-state index contributed by atoms with van der Waals surface area (Å²) < 4.78 is 5.03. The average Bonchev–Trinajstić information content (AvgIpc) is 2.00. The number of allylic oxidation sites excluding steroid dienone is 1. The fraction of sp³-hybridized carbons (Fsp3) is 0.636. The van der Waals surface area contributed by atoms with Crippen molar-refractivity contribution in [2.24, 2.45) is 4.99 Å². The molecule has 0 unspecified atom stereocenters. The van der Waals surface area contributed by atoms with Gasteiger partial charge in [0.1, 0.15) is 0 Å². The number of nitrogens with one attached hydrogen (secondary N) is 1. The van der Waals surface area contributed by atoms with Crippen LogP contribution in [0.4, 0.5) is 0 Å². The maximum atomic E-state index is 11.2. The predicted octanol–water partition coefficient (Wildman–Crippen LogP) is 1.87. The maximum Gasteiger partial charge on any atom is 0.338 e. The topological polar surface area (TPSA) is 50.7 Å². The first kappa shape index (κ1) is 13.7. The van der Waals surface area contributed by atoms with E-state index in [1.165, 1.54) is 6.08 Å². The number of esters is 1. The standard InChI is InChI=1S/C11H20N2O2/c1-6-7-10(14)15-11(12-8(2)3)13-9(4)5/h6-9H,1-5H3,(H,12,13)/b7-6+. The number of aliphatic imine (C=N–C) groups is 1. The van der Waals surface area contributed by atoms with Gasteiger partial charge in [0, 0.05) is 18.2 Å². The molecule has 0 spiro atoms. The highest BCUT2D eigenvalue weighted by atomic mass is 16.6. The predicted molar refractivity (Wildman–Crippen MR) is 61.7 cm³/mol. The normalized spacial score (nSPS) is 12.6. The SMILES string of the molecule is C/C=C/C(=O)OC(=NC(C)C)NC(C)C. The minimum absolute atomic E-state index is 0.0876. The number of carbonyl (C=O) groups is 1. The van der Waals surface area contributed by atoms with Crippen LogP contribution in [0.2, 0.25) is 0 Å². The third-order valence-corrected chi connectivity index (χ3v) is 1.29. The zero-order valence-electron chi connectivity index (χ0n) is 10.1. The van der Waals surface area contributed by atoms with Crippen molar-refractivity contribution < 1.29 is 9.53 Å². The highest BCUT2D eigenvalue weighted by Crippen LogP contribution is 1.92. The van der Waals surface area contributed by atoms with Gasteiger partial charge in [-0.1, -0.05) is 6.08 Å². The molecule has 86 valence electrons. The lowest BCUT2D eigenvalue weighted by Gasteiger charge is -2.12. The molecule has 0 rings (SSSR count). The lowest BCUT2D eigenvalue weighted by Crippen LogP contribution is -2.34. The Balaban J connectivity index is 4.44. The first-order valence-corrected chi connectivity index (χ1v) is 5.14. The molecule has 15 heavy (non-hydrogen) atoms. The van der Waals surface area contributed by atoms with Crippen molar-refractivity contribution >= 4 is 12.0 Å². The number of carbonyl (C=O) groups excluding carboxylic acids is 1. The quantitative estimate of drug-likeness (QED) is 0.336. The lowest BCUT2D eigenvalue weighted by atomic mass is 10.4. The van der Waals surface area contributed by atoms with Gasteiger partial charge in [0.05, 0.1) is 0 Å². The zero-order valence-corrected chi connectivity index (χ0v) is 10.1. The first-order valence-electron chi connectivity index (χ1n) is 5.14. The number of hydrogen-bond acceptors (Lipinski definition) is 3. The number of amidine groups is 1. The number of rotatable bonds is 3. The van der Waals surface area contributed by atoms with Crippen LogP contribution in [0.5, 0.6) is 0 Å². The monoisotopic (exact) mass is 212 g/mol. The second-order valence-corrected chi connectivity index (χ2v) is 3.75. The molecule has 0 saturated carbocycles. The summed E-state index contributed by atoms with van der Waals surface area (Å²) in [6.45, 7) is 9.52. The molecule has 0 aromatic rings. The van der Waals surface area contributed by atoms with Crippen LogP contribution in [-0.2, 0) is 9.53 Å². The summed E-state index contributed by atoms with van der Waals surface area (Å²) >= 11 is 0. The third-order valence-electron chi connectivity index (χ3n) is 1.29. The Hall–Kier alpha value is -1.32. The van der Waals surface area contributed by atoms with Crippen molar-refractivity contribution in [3.63, 3.8) is 0 Å². The Morgan fingerprint density at radius 2 is 1.93 bits per heavy atom. The Morgan fingerprint density at radius 3 is 2.33 bits per heavy atom. The molecule has 0 aromatic heterocycles. The molecule has 4 nitrogen and oxygen atoms in total. The number of ether oxygens (including phenoxy) is 1. The van der Waals surface area contributed by atoms with E-state index >= 15 is 0 Å². The summed E-state index contributed by atoms with van der Waals surface area (Å²) in [6, 6.07) is 0.550. The van der Waals surface area contributed by atoms with E-state index in [0.29, 0.717) is 0 Å². The fourth-order valence-electron chi connectivity index (χ4n) is 0.840. The van der Waals surface area contributed by atoms with Gasteiger partial charge < -0.3 is 10.1 Å². The smallest absolute Gasteiger partial charge is 0.338 e. The van der Waals surface area contributed by atoms with Crippen LogP contribution in [0.25, 0.3) is 0 Å². The minimum atomic E-state index is -0.412. The molecule has 0 radical (unpaired) electrons. The van der Waals surface area contributed by atoms with Crippen LogP contribution in [-0.4, -0.2) is 24.1 Å². The van der Waals surface area contributed by atoms with Crippen LogP contribution >= 0.6 is 0 Å². The van der Waals surface area contributed by atoms with Crippen molar-refractivity contribution in [3.05, 3.63) is 12.2 Å². The van der Waals surface area contributed by atoms with Gasteiger partial charge in [-0.05, 0) is 34.6 Å². The molecule has 0 aliphatic heterocycles. The maximum absolute atomic E-state index is 11.2. The van der Waals surface area contributed by atoms with Gasteiger partial charge >= 0.3 is 5.97 Å². The number of hydrogen-bond donors (Lipinski definition) is 1. The van der Waals surface area contributed by atoms with Crippen LogP contribution in [0, 0.1) is 0 Å². The van der Waals surface area contributed by atoms with E-state index in [2.05, 4.69) is 10.3 Å². The summed E-state index contributed by atoms with van der Waals surface area (Å²) in [5.74, 6) is -0.412. The Kier molecular flexibility index (Phi) is 6.42. The second-order valence-electron chi connectivity index (χ2n) is 3.75. The summed E-state index contributed by atoms with van der Waals surface area (Å²) in [5.41, 5.74) is 0. The van der Waals surface area contributed by atoms with Gasteiger partial charge in [0.2, 0.25) is 0 Å². The van der Waals surface area contributed by atoms with Crippen LogP contribution in [0.15, 0.2) is 17.1 Å². The van der Waals surface area contributed by atoms with E-state index in [1.54, 1.807) is 13.0 Å². The average molecular weight is 212 g/mol. The molecular weight excluding hydrogens is 192 g/mol. The Labute approximate surface area is 91.4 Å². The van der Waals surface area contributed by atoms with Gasteiger partial charge in [0.25, 0.3) is 6.02 Å². The van der Waals surface area contributed by atoms with E-state index in [-0.39, 0.29) is 18.1 Å². The van der Waals surface area contributed by atoms with Gasteiger partial charge in [0.15, 0.2) is 0 Å². The van der Waals surface area contributed by atoms with Gasteiger partial charge in [-0.15, -0.1) is 0 Å². The fourth-order valence-corrected chi connectivity index (χ4v) is 0.840. The van der Waals surface area contributed by atoms with Crippen LogP contribution < -0.4 is 5.32 Å². The van der Waals surface area contributed by atoms with E-state index in [4.69, 9.17) is 4.74 Å². The molecule has 0 aliphatic rings. The van der Waals surface area contributed by atoms with Gasteiger partial charge in [-0.25, -0.2) is 9.79 Å². The number of nitrogens with zero attached hydrogens (tertiary/aromatic N) is 1. The largest absolute Gasteiger partial charge is 0.389 e. The van der Waals surface area contributed by atoms with Crippen LogP contribution in [0.1, 0.15) is 34.6 Å². The van der Waals surface area contributed by atoms with Crippen molar-refractivity contribution in [1.82, 2.24) is 5.32 Å². The minimum Gasteiger partial charge on any atom is -0.389 e. The molecule has 0 fully saturated rings. The molecule has 4 heteroatoms. The lowest BCUT2D eigenvalue weighted by molar-refractivity contribution is -0.130. The summed E-state index contributed by atoms with van der Waals surface area (Å²) in [6.07, 6.45) is 2.99. The van der Waals surface area contributed by atoms with Crippen molar-refractivity contribution in [1.29, 1.82) is 0 Å². The molecule has 0 aliphatic carbocycles. The van der Waals surface area contributed by atoms with Crippen molar-refractivity contribution in [3.8, 4) is 0 Å². The van der Waals surface area contributed by atoms with E-state index in [1.807, 2.05) is 27.7 Å². The molecule has 0 aromatic carbocycles. The molecular formula is C11H20N2O2. The summed E-state index contributed by atoms with van der Waals surface area (Å²) in [7, 11) is 0. The molecule has 0 amide bonds. The van der Waals surface area contributed by atoms with Crippen molar-refractivity contribution in [2.75, 3.05) is 0 Å². The van der Waals surface area contributed by atoms with Crippen LogP contribution in [0.3, 0.4) is 0 Å². The van der Waals surface area contributed by atoms with Gasteiger partial charge in [-0.3, -0.25) is 0 Å². The zero-order chi connectivity index (χ0) is 11.8. The molecule has 0 bridgehead atoms. The molecule has 0 heterocycles. The van der Waals surface area contributed by atoms with E-state index in [9.17, 15) is 4.79 Å². The summed E-state index contributed by atoms with van der Waals surface area (Å²) in [5, 5.41) is 2.97. The van der Waals surface area contributed by atoms with Crippen molar-refractivity contribution in [2.45, 2.75) is 46.7 Å². The van der Waals surface area contributed by atoms with Gasteiger partial charge in [-0.2, -0.15) is 0 Å². The first-order chi connectivity index (χ1) is 6.95. The Bertz CT molecular complexity index is 255. The van der Waals surface area contributed by atoms with E-state index < -0.39 is 5.97 Å². The highest BCUT2D eigenvalue weighted by Gasteiger charge is 2.07. The molecule has 1 N–H and O–H groups in total. The summed E-state index contributed by atoms with van der Waals surface area (Å²) in [4.78, 5) is 15.4. The Morgan fingerprint density at radius 1 is 1.33 bits per heavy atom. The highest BCUT2D eigenvalue weighted by molar-refractivity contribution is 5.93. The van der Waals surface area contributed by atoms with E-state index in [0.717, 1.165) is 0 Å².